The molecule has 0 aromatic heterocycles. The third-order valence-electron chi connectivity index (χ3n) is 3.25. The van der Waals surface area contributed by atoms with Crippen LogP contribution in [0.3, 0.4) is 0 Å². The summed E-state index contributed by atoms with van der Waals surface area (Å²) in [5.41, 5.74) is 2.64. The highest BCUT2D eigenvalue weighted by atomic mass is 79.9. The van der Waals surface area contributed by atoms with Gasteiger partial charge in [-0.15, -0.1) is 0 Å². The Balaban J connectivity index is 2.15. The number of halogens is 1. The molecule has 0 saturated carbocycles. The molecule has 1 N–H and O–H groups in total. The van der Waals surface area contributed by atoms with E-state index < -0.39 is 0 Å². The molecule has 110 valence electrons. The summed E-state index contributed by atoms with van der Waals surface area (Å²) in [4.78, 5) is 10.6. The maximum Gasteiger partial charge on any atom is 0.272 e. The number of nitro benzene ring substituents is 1. The van der Waals surface area contributed by atoms with Crippen molar-refractivity contribution in [3.8, 4) is 5.75 Å². The minimum atomic E-state index is -0.358. The number of ether oxygens (including phenoxy) is 1. The number of nitrogens with zero attached hydrogens (tertiary/aromatic N) is 1. The van der Waals surface area contributed by atoms with Gasteiger partial charge in [-0.25, -0.2) is 0 Å². The van der Waals surface area contributed by atoms with Crippen molar-refractivity contribution in [2.45, 2.75) is 13.5 Å². The van der Waals surface area contributed by atoms with Crippen molar-refractivity contribution in [1.82, 2.24) is 0 Å². The third kappa shape index (κ3) is 3.52. The van der Waals surface area contributed by atoms with Gasteiger partial charge in [0.05, 0.1) is 16.5 Å². The first-order valence-corrected chi connectivity index (χ1v) is 7.12. The second-order valence-electron chi connectivity index (χ2n) is 4.52. The van der Waals surface area contributed by atoms with Gasteiger partial charge in [0.2, 0.25) is 0 Å². The predicted octanol–water partition coefficient (Wildman–Crippen LogP) is 4.29. The summed E-state index contributed by atoms with van der Waals surface area (Å²) in [7, 11) is 1.61. The third-order valence-corrected chi connectivity index (χ3v) is 3.87. The summed E-state index contributed by atoms with van der Waals surface area (Å²) >= 11 is 3.42. The molecule has 0 atom stereocenters. The van der Waals surface area contributed by atoms with Crippen LogP contribution in [0, 0.1) is 17.0 Å². The first-order valence-electron chi connectivity index (χ1n) is 6.33. The van der Waals surface area contributed by atoms with Crippen LogP contribution in [0.2, 0.25) is 0 Å². The van der Waals surface area contributed by atoms with Gasteiger partial charge >= 0.3 is 0 Å². The lowest BCUT2D eigenvalue weighted by molar-refractivity contribution is -0.385. The molecule has 0 saturated heterocycles. The minimum absolute atomic E-state index is 0.144. The maximum atomic E-state index is 10.9. The van der Waals surface area contributed by atoms with Crippen molar-refractivity contribution in [1.29, 1.82) is 0 Å². The van der Waals surface area contributed by atoms with Crippen LogP contribution in [0.4, 0.5) is 11.4 Å². The Bertz CT molecular complexity index is 674. The number of nitrogens with one attached hydrogen (secondary N) is 1. The molecule has 2 aromatic carbocycles. The molecule has 0 aliphatic heterocycles. The lowest BCUT2D eigenvalue weighted by atomic mass is 10.1. The van der Waals surface area contributed by atoms with E-state index in [9.17, 15) is 10.1 Å². The van der Waals surface area contributed by atoms with E-state index in [2.05, 4.69) is 21.2 Å². The molecule has 0 spiro atoms. The van der Waals surface area contributed by atoms with Gasteiger partial charge in [-0.3, -0.25) is 10.1 Å². The second-order valence-corrected chi connectivity index (χ2v) is 5.38. The molecule has 0 heterocycles. The van der Waals surface area contributed by atoms with E-state index in [4.69, 9.17) is 4.74 Å². The van der Waals surface area contributed by atoms with Crippen molar-refractivity contribution in [2.24, 2.45) is 0 Å². The van der Waals surface area contributed by atoms with Crippen molar-refractivity contribution in [3.05, 3.63) is 62.1 Å². The fourth-order valence-corrected chi connectivity index (χ4v) is 2.57. The lowest BCUT2D eigenvalue weighted by Crippen LogP contribution is -2.03. The molecule has 0 unspecified atom stereocenters. The van der Waals surface area contributed by atoms with E-state index in [1.807, 2.05) is 24.3 Å². The van der Waals surface area contributed by atoms with E-state index in [0.717, 1.165) is 21.5 Å². The summed E-state index contributed by atoms with van der Waals surface area (Å²) < 4.78 is 6.03. The Labute approximate surface area is 131 Å². The van der Waals surface area contributed by atoms with Gasteiger partial charge in [-0.05, 0) is 46.6 Å². The van der Waals surface area contributed by atoms with Crippen LogP contribution in [0.1, 0.15) is 11.1 Å². The Morgan fingerprint density at radius 2 is 2.10 bits per heavy atom. The molecule has 0 aliphatic rings. The average molecular weight is 351 g/mol. The molecule has 2 rings (SSSR count). The molecule has 2 aromatic rings. The van der Waals surface area contributed by atoms with Crippen LogP contribution in [-0.4, -0.2) is 12.0 Å². The van der Waals surface area contributed by atoms with Gasteiger partial charge in [0.15, 0.2) is 0 Å². The summed E-state index contributed by atoms with van der Waals surface area (Å²) in [5.74, 6) is 0.757. The van der Waals surface area contributed by atoms with Gasteiger partial charge in [0.1, 0.15) is 5.75 Å². The quantitative estimate of drug-likeness (QED) is 0.645. The molecule has 21 heavy (non-hydrogen) atoms. The zero-order valence-electron chi connectivity index (χ0n) is 11.7. The zero-order valence-corrected chi connectivity index (χ0v) is 13.3. The van der Waals surface area contributed by atoms with Gasteiger partial charge in [-0.1, -0.05) is 12.1 Å². The highest BCUT2D eigenvalue weighted by molar-refractivity contribution is 9.10. The maximum absolute atomic E-state index is 10.9. The van der Waals surface area contributed by atoms with Crippen LogP contribution in [-0.2, 0) is 6.54 Å². The SMILES string of the molecule is COc1ccc(NCc2cccc([N+](=O)[O-])c2C)cc1Br. The van der Waals surface area contributed by atoms with E-state index in [1.54, 1.807) is 20.1 Å². The number of hydrogen-bond donors (Lipinski definition) is 1. The molecule has 5 nitrogen and oxygen atoms in total. The second kappa shape index (κ2) is 6.58. The number of methoxy groups -OCH3 is 1. The smallest absolute Gasteiger partial charge is 0.272 e. The monoisotopic (exact) mass is 350 g/mol. The number of hydrogen-bond acceptors (Lipinski definition) is 4. The average Bonchev–Trinajstić information content (AvgIpc) is 2.46. The van der Waals surface area contributed by atoms with Crippen molar-refractivity contribution < 1.29 is 9.66 Å². The number of anilines is 1. The van der Waals surface area contributed by atoms with Crippen LogP contribution in [0.5, 0.6) is 5.75 Å². The van der Waals surface area contributed by atoms with Crippen LogP contribution in [0.25, 0.3) is 0 Å². The zero-order chi connectivity index (χ0) is 15.4. The van der Waals surface area contributed by atoms with Crippen LogP contribution >= 0.6 is 15.9 Å². The largest absolute Gasteiger partial charge is 0.496 e. The van der Waals surface area contributed by atoms with E-state index in [0.29, 0.717) is 12.1 Å². The lowest BCUT2D eigenvalue weighted by Gasteiger charge is -2.11. The Morgan fingerprint density at radius 1 is 1.33 bits per heavy atom. The number of rotatable bonds is 5. The van der Waals surface area contributed by atoms with Gasteiger partial charge in [0.25, 0.3) is 5.69 Å². The Morgan fingerprint density at radius 3 is 2.71 bits per heavy atom. The van der Waals surface area contributed by atoms with Crippen LogP contribution < -0.4 is 10.1 Å². The summed E-state index contributed by atoms with van der Waals surface area (Å²) in [6, 6.07) is 10.8. The molecule has 0 aliphatic carbocycles. The van der Waals surface area contributed by atoms with Crippen molar-refractivity contribution >= 4 is 27.3 Å². The number of benzene rings is 2. The normalized spacial score (nSPS) is 10.2. The van der Waals surface area contributed by atoms with Crippen molar-refractivity contribution in [3.63, 3.8) is 0 Å². The van der Waals surface area contributed by atoms with Gasteiger partial charge in [0, 0.05) is 23.9 Å². The van der Waals surface area contributed by atoms with Crippen LogP contribution in [0.15, 0.2) is 40.9 Å². The standard InChI is InChI=1S/C15H15BrN2O3/c1-10-11(4-3-5-14(10)18(19)20)9-17-12-6-7-15(21-2)13(16)8-12/h3-8,17H,9H2,1-2H3. The predicted molar refractivity (Wildman–Crippen MR) is 85.9 cm³/mol. The molecule has 0 amide bonds. The molecule has 0 bridgehead atoms. The molecular weight excluding hydrogens is 336 g/mol. The van der Waals surface area contributed by atoms with E-state index >= 15 is 0 Å². The van der Waals surface area contributed by atoms with Gasteiger partial charge in [-0.2, -0.15) is 0 Å². The summed E-state index contributed by atoms with van der Waals surface area (Å²) in [6.45, 7) is 2.28. The first kappa shape index (κ1) is 15.3. The fraction of sp³-hybridized carbons (Fsp3) is 0.200. The van der Waals surface area contributed by atoms with E-state index in [1.165, 1.54) is 6.07 Å². The fourth-order valence-electron chi connectivity index (χ4n) is 2.03. The first-order chi connectivity index (χ1) is 10.0. The summed E-state index contributed by atoms with van der Waals surface area (Å²) in [5, 5.41) is 14.2. The molecule has 0 fully saturated rings. The molecule has 0 radical (unpaired) electrons. The minimum Gasteiger partial charge on any atom is -0.496 e. The summed E-state index contributed by atoms with van der Waals surface area (Å²) in [6.07, 6.45) is 0. The Kier molecular flexibility index (Phi) is 4.80. The Hall–Kier alpha value is -2.08. The number of nitro groups is 1. The highest BCUT2D eigenvalue weighted by Gasteiger charge is 2.12. The van der Waals surface area contributed by atoms with Gasteiger partial charge < -0.3 is 10.1 Å². The molecule has 6 heteroatoms. The molecular formula is C15H15BrN2O3. The van der Waals surface area contributed by atoms with E-state index in [-0.39, 0.29) is 10.6 Å². The highest BCUT2D eigenvalue weighted by Crippen LogP contribution is 2.28. The van der Waals surface area contributed by atoms with Crippen molar-refractivity contribution in [2.75, 3.05) is 12.4 Å². The topological polar surface area (TPSA) is 64.4 Å².